The average Bonchev–Trinajstić information content (AvgIpc) is 2.28. The summed E-state index contributed by atoms with van der Waals surface area (Å²) in [6.07, 6.45) is 0.660. The highest BCUT2D eigenvalue weighted by Gasteiger charge is 1.91. The van der Waals surface area contributed by atoms with Crippen molar-refractivity contribution in [1.82, 2.24) is 0 Å². The maximum atomic E-state index is 9.60. The molecule has 0 aliphatic heterocycles. The standard InChI is InChI=1S/C8H11N.C4H6O3/c1-7-2-4-8(6-9)5-3-7;5-3-1-2-4(6)7/h2-5H,6,9H2,1H3;3H,1-2H2,(H,6,7). The zero-order valence-electron chi connectivity index (χ0n) is 9.35. The van der Waals surface area contributed by atoms with Gasteiger partial charge in [-0.3, -0.25) is 4.79 Å². The molecule has 0 heterocycles. The normalized spacial score (nSPS) is 8.88. The Morgan fingerprint density at radius 3 is 2.25 bits per heavy atom. The highest BCUT2D eigenvalue weighted by Crippen LogP contribution is 2.00. The smallest absolute Gasteiger partial charge is 0.303 e. The van der Waals surface area contributed by atoms with Crippen molar-refractivity contribution in [1.29, 1.82) is 0 Å². The number of hydrogen-bond acceptors (Lipinski definition) is 3. The Balaban J connectivity index is 0.000000293. The second kappa shape index (κ2) is 8.61. The monoisotopic (exact) mass is 223 g/mol. The second-order valence-corrected chi connectivity index (χ2v) is 3.29. The van der Waals surface area contributed by atoms with Crippen LogP contribution in [-0.4, -0.2) is 17.4 Å². The van der Waals surface area contributed by atoms with E-state index in [9.17, 15) is 9.59 Å². The van der Waals surface area contributed by atoms with Crippen molar-refractivity contribution in [3.8, 4) is 0 Å². The van der Waals surface area contributed by atoms with Gasteiger partial charge in [0.15, 0.2) is 0 Å². The number of nitrogens with two attached hydrogens (primary N) is 1. The molecule has 0 bridgehead atoms. The number of aldehydes is 1. The van der Waals surface area contributed by atoms with Crippen LogP contribution in [0.5, 0.6) is 0 Å². The predicted molar refractivity (Wildman–Crippen MR) is 62.0 cm³/mol. The molecule has 0 aromatic heterocycles. The van der Waals surface area contributed by atoms with Crippen LogP contribution < -0.4 is 5.73 Å². The van der Waals surface area contributed by atoms with Crippen LogP contribution in [0.25, 0.3) is 0 Å². The van der Waals surface area contributed by atoms with Crippen molar-refractivity contribution in [2.75, 3.05) is 0 Å². The molecule has 1 aromatic carbocycles. The number of carbonyl (C=O) groups excluding carboxylic acids is 1. The molecule has 0 atom stereocenters. The lowest BCUT2D eigenvalue weighted by Gasteiger charge is -1.94. The summed E-state index contributed by atoms with van der Waals surface area (Å²) in [4.78, 5) is 19.0. The molecule has 0 saturated carbocycles. The highest BCUT2D eigenvalue weighted by atomic mass is 16.4. The number of benzene rings is 1. The molecule has 1 aromatic rings. The summed E-state index contributed by atoms with van der Waals surface area (Å²) in [7, 11) is 0. The first-order chi connectivity index (χ1) is 7.60. The molecular weight excluding hydrogens is 206 g/mol. The summed E-state index contributed by atoms with van der Waals surface area (Å²) in [5.74, 6) is -0.924. The van der Waals surface area contributed by atoms with Gasteiger partial charge in [0.1, 0.15) is 6.29 Å². The van der Waals surface area contributed by atoms with E-state index in [1.165, 1.54) is 11.1 Å². The van der Waals surface area contributed by atoms with Gasteiger partial charge in [-0.25, -0.2) is 0 Å². The average molecular weight is 223 g/mol. The molecule has 0 fully saturated rings. The molecule has 88 valence electrons. The zero-order valence-corrected chi connectivity index (χ0v) is 9.35. The Morgan fingerprint density at radius 1 is 1.38 bits per heavy atom. The fourth-order valence-corrected chi connectivity index (χ4v) is 0.907. The first-order valence-electron chi connectivity index (χ1n) is 5.01. The molecule has 0 radical (unpaired) electrons. The SMILES string of the molecule is Cc1ccc(CN)cc1.O=CCCC(=O)O. The highest BCUT2D eigenvalue weighted by molar-refractivity contribution is 5.70. The van der Waals surface area contributed by atoms with Gasteiger partial charge in [-0.1, -0.05) is 29.8 Å². The molecule has 0 aliphatic rings. The van der Waals surface area contributed by atoms with Crippen LogP contribution in [0, 0.1) is 6.92 Å². The van der Waals surface area contributed by atoms with Crippen LogP contribution in [-0.2, 0) is 16.1 Å². The van der Waals surface area contributed by atoms with Crippen LogP contribution in [0.3, 0.4) is 0 Å². The molecule has 0 aliphatic carbocycles. The van der Waals surface area contributed by atoms with Gasteiger partial charge in [0.2, 0.25) is 0 Å². The topological polar surface area (TPSA) is 80.4 Å². The fraction of sp³-hybridized carbons (Fsp3) is 0.333. The molecule has 4 heteroatoms. The van der Waals surface area contributed by atoms with Crippen LogP contribution in [0.1, 0.15) is 24.0 Å². The fourth-order valence-electron chi connectivity index (χ4n) is 0.907. The van der Waals surface area contributed by atoms with E-state index in [-0.39, 0.29) is 12.8 Å². The van der Waals surface area contributed by atoms with Crippen LogP contribution in [0.15, 0.2) is 24.3 Å². The Hall–Kier alpha value is -1.68. The summed E-state index contributed by atoms with van der Waals surface area (Å²) >= 11 is 0. The van der Waals surface area contributed by atoms with E-state index in [2.05, 4.69) is 31.2 Å². The van der Waals surface area contributed by atoms with Gasteiger partial charge in [0.25, 0.3) is 0 Å². The molecule has 0 amide bonds. The third-order valence-corrected chi connectivity index (χ3v) is 1.83. The number of aliphatic carboxylic acids is 1. The number of carbonyl (C=O) groups is 2. The Labute approximate surface area is 95.1 Å². The Kier molecular flexibility index (Phi) is 7.71. The first kappa shape index (κ1) is 14.3. The van der Waals surface area contributed by atoms with Gasteiger partial charge in [-0.15, -0.1) is 0 Å². The van der Waals surface area contributed by atoms with Crippen molar-refractivity contribution >= 4 is 12.3 Å². The van der Waals surface area contributed by atoms with Crippen molar-refractivity contribution < 1.29 is 14.7 Å². The Bertz CT molecular complexity index is 320. The summed E-state index contributed by atoms with van der Waals surface area (Å²) in [5.41, 5.74) is 7.88. The quantitative estimate of drug-likeness (QED) is 0.758. The molecule has 0 unspecified atom stereocenters. The number of rotatable bonds is 4. The lowest BCUT2D eigenvalue weighted by molar-refractivity contribution is -0.137. The van der Waals surface area contributed by atoms with Crippen molar-refractivity contribution in [2.24, 2.45) is 5.73 Å². The predicted octanol–water partition coefficient (Wildman–Crippen LogP) is 1.50. The first-order valence-corrected chi connectivity index (χ1v) is 5.01. The molecular formula is C12H17NO3. The van der Waals surface area contributed by atoms with E-state index in [4.69, 9.17) is 10.8 Å². The lowest BCUT2D eigenvalue weighted by Crippen LogP contribution is -1.94. The van der Waals surface area contributed by atoms with Gasteiger partial charge < -0.3 is 15.6 Å². The van der Waals surface area contributed by atoms with E-state index in [0.29, 0.717) is 12.8 Å². The minimum Gasteiger partial charge on any atom is -0.481 e. The Morgan fingerprint density at radius 2 is 1.94 bits per heavy atom. The minimum atomic E-state index is -0.924. The third-order valence-electron chi connectivity index (χ3n) is 1.83. The number of carboxylic acid groups (broad SMARTS) is 1. The van der Waals surface area contributed by atoms with E-state index >= 15 is 0 Å². The van der Waals surface area contributed by atoms with Crippen molar-refractivity contribution in [2.45, 2.75) is 26.3 Å². The summed E-state index contributed by atoms with van der Waals surface area (Å²) in [6, 6.07) is 8.25. The van der Waals surface area contributed by atoms with Crippen molar-refractivity contribution in [3.05, 3.63) is 35.4 Å². The third kappa shape index (κ3) is 7.70. The van der Waals surface area contributed by atoms with Gasteiger partial charge in [0, 0.05) is 13.0 Å². The molecule has 0 spiro atoms. The van der Waals surface area contributed by atoms with E-state index in [1.54, 1.807) is 0 Å². The van der Waals surface area contributed by atoms with Crippen LogP contribution >= 0.6 is 0 Å². The number of carboxylic acids is 1. The van der Waals surface area contributed by atoms with Crippen molar-refractivity contribution in [3.63, 3.8) is 0 Å². The summed E-state index contributed by atoms with van der Waals surface area (Å²) < 4.78 is 0. The largest absolute Gasteiger partial charge is 0.481 e. The van der Waals surface area contributed by atoms with Crippen LogP contribution in [0.4, 0.5) is 0 Å². The number of hydrogen-bond donors (Lipinski definition) is 2. The van der Waals surface area contributed by atoms with Gasteiger partial charge in [0.05, 0.1) is 6.42 Å². The number of aryl methyl sites for hydroxylation is 1. The molecule has 16 heavy (non-hydrogen) atoms. The van der Waals surface area contributed by atoms with Gasteiger partial charge >= 0.3 is 5.97 Å². The molecule has 4 nitrogen and oxygen atoms in total. The van der Waals surface area contributed by atoms with E-state index < -0.39 is 5.97 Å². The maximum Gasteiger partial charge on any atom is 0.303 e. The van der Waals surface area contributed by atoms with E-state index in [1.807, 2.05) is 0 Å². The summed E-state index contributed by atoms with van der Waals surface area (Å²) in [5, 5.41) is 7.89. The van der Waals surface area contributed by atoms with Gasteiger partial charge in [-0.2, -0.15) is 0 Å². The summed E-state index contributed by atoms with van der Waals surface area (Å²) in [6.45, 7) is 2.71. The van der Waals surface area contributed by atoms with E-state index in [0.717, 1.165) is 0 Å². The molecule has 0 saturated heterocycles. The van der Waals surface area contributed by atoms with Crippen LogP contribution in [0.2, 0.25) is 0 Å². The minimum absolute atomic E-state index is 0.0521. The lowest BCUT2D eigenvalue weighted by atomic mass is 10.2. The van der Waals surface area contributed by atoms with Gasteiger partial charge in [-0.05, 0) is 12.5 Å². The molecule has 1 rings (SSSR count). The zero-order chi connectivity index (χ0) is 12.4. The second-order valence-electron chi connectivity index (χ2n) is 3.29. The molecule has 3 N–H and O–H groups in total. The maximum absolute atomic E-state index is 9.60.